The second-order valence-electron chi connectivity index (χ2n) is 8.10. The monoisotopic (exact) mass is 332 g/mol. The zero-order valence-corrected chi connectivity index (χ0v) is 15.6. The van der Waals surface area contributed by atoms with Crippen LogP contribution in [0.15, 0.2) is 12.4 Å². The second kappa shape index (κ2) is 7.26. The number of piperazine rings is 1. The number of anilines is 1. The van der Waals surface area contributed by atoms with Crippen molar-refractivity contribution in [3.05, 3.63) is 12.4 Å². The highest BCUT2D eigenvalue weighted by Crippen LogP contribution is 2.33. The Morgan fingerprint density at radius 1 is 1.08 bits per heavy atom. The van der Waals surface area contributed by atoms with Crippen LogP contribution >= 0.6 is 0 Å². The Kier molecular flexibility index (Phi) is 5.28. The summed E-state index contributed by atoms with van der Waals surface area (Å²) >= 11 is 0. The Balaban J connectivity index is 1.56. The first-order valence-electron chi connectivity index (χ1n) is 9.54. The quantitative estimate of drug-likeness (QED) is 0.849. The van der Waals surface area contributed by atoms with Crippen molar-refractivity contribution in [1.29, 1.82) is 0 Å². The summed E-state index contributed by atoms with van der Waals surface area (Å²) in [6.45, 7) is 11.2. The number of hydrogen-bond donors (Lipinski definition) is 0. The molecule has 1 aliphatic carbocycles. The molecule has 0 unspecified atom stereocenters. The predicted octanol–water partition coefficient (Wildman–Crippen LogP) is 3.33. The van der Waals surface area contributed by atoms with Gasteiger partial charge in [-0.15, -0.1) is 0 Å². The zero-order valence-electron chi connectivity index (χ0n) is 15.6. The maximum Gasteiger partial charge on any atom is 0.241 e. The Morgan fingerprint density at radius 3 is 2.33 bits per heavy atom. The molecule has 5 heteroatoms. The van der Waals surface area contributed by atoms with Gasteiger partial charge in [0.2, 0.25) is 5.91 Å². The lowest BCUT2D eigenvalue weighted by Crippen LogP contribution is -2.54. The van der Waals surface area contributed by atoms with E-state index in [2.05, 4.69) is 37.7 Å². The predicted molar refractivity (Wildman–Crippen MR) is 97.1 cm³/mol. The van der Waals surface area contributed by atoms with Crippen LogP contribution in [0.3, 0.4) is 0 Å². The average Bonchev–Trinajstić information content (AvgIpc) is 3.05. The standard InChI is InChI=1S/C19H32N4O/c1-14(2)16-5-7-17(8-6-16)21-9-10-22(19(24)13-21)18-11-20-23(12-18)15(3)4/h11-12,14-17H,5-10,13H2,1-4H3. The summed E-state index contributed by atoms with van der Waals surface area (Å²) in [6.07, 6.45) is 8.95. The van der Waals surface area contributed by atoms with Gasteiger partial charge in [0.25, 0.3) is 0 Å². The van der Waals surface area contributed by atoms with Crippen LogP contribution in [0.4, 0.5) is 5.69 Å². The highest BCUT2D eigenvalue weighted by molar-refractivity contribution is 5.95. The molecule has 0 aromatic carbocycles. The van der Waals surface area contributed by atoms with E-state index >= 15 is 0 Å². The number of rotatable bonds is 4. The highest BCUT2D eigenvalue weighted by atomic mass is 16.2. The SMILES string of the molecule is CC(C)C1CCC(N2CCN(c3cnn(C(C)C)c3)C(=O)C2)CC1. The summed E-state index contributed by atoms with van der Waals surface area (Å²) in [5, 5.41) is 4.37. The van der Waals surface area contributed by atoms with Gasteiger partial charge in [-0.1, -0.05) is 13.8 Å². The van der Waals surface area contributed by atoms with Gasteiger partial charge in [-0.05, 0) is 51.4 Å². The maximum absolute atomic E-state index is 12.6. The summed E-state index contributed by atoms with van der Waals surface area (Å²) in [6, 6.07) is 0.927. The van der Waals surface area contributed by atoms with Gasteiger partial charge in [-0.3, -0.25) is 14.4 Å². The van der Waals surface area contributed by atoms with E-state index in [4.69, 9.17) is 0 Å². The molecule has 134 valence electrons. The van der Waals surface area contributed by atoms with E-state index in [-0.39, 0.29) is 5.91 Å². The smallest absolute Gasteiger partial charge is 0.241 e. The molecule has 3 rings (SSSR count). The number of carbonyl (C=O) groups excluding carboxylic acids is 1. The van der Waals surface area contributed by atoms with Crippen molar-refractivity contribution in [3.63, 3.8) is 0 Å². The summed E-state index contributed by atoms with van der Waals surface area (Å²) in [5.41, 5.74) is 0.942. The van der Waals surface area contributed by atoms with Crippen LogP contribution in [-0.2, 0) is 4.79 Å². The van der Waals surface area contributed by atoms with Gasteiger partial charge >= 0.3 is 0 Å². The fourth-order valence-corrected chi connectivity index (χ4v) is 4.16. The van der Waals surface area contributed by atoms with E-state index in [1.165, 1.54) is 25.7 Å². The van der Waals surface area contributed by atoms with E-state index < -0.39 is 0 Å². The number of amides is 1. The Hall–Kier alpha value is -1.36. The van der Waals surface area contributed by atoms with Crippen molar-refractivity contribution in [2.75, 3.05) is 24.5 Å². The minimum atomic E-state index is 0.218. The van der Waals surface area contributed by atoms with Gasteiger partial charge in [0, 0.05) is 31.4 Å². The van der Waals surface area contributed by atoms with Gasteiger partial charge in [0.05, 0.1) is 18.4 Å². The van der Waals surface area contributed by atoms with Gasteiger partial charge < -0.3 is 4.90 Å². The molecule has 0 N–H and O–H groups in total. The molecule has 2 fully saturated rings. The van der Waals surface area contributed by atoms with Gasteiger partial charge in [-0.2, -0.15) is 5.10 Å². The molecule has 2 aliphatic rings. The van der Waals surface area contributed by atoms with E-state index in [0.29, 0.717) is 18.6 Å². The third-order valence-corrected chi connectivity index (χ3v) is 5.88. The third kappa shape index (κ3) is 3.66. The van der Waals surface area contributed by atoms with E-state index in [0.717, 1.165) is 30.6 Å². The molecule has 1 saturated heterocycles. The molecule has 0 atom stereocenters. The first-order chi connectivity index (χ1) is 11.5. The first kappa shape index (κ1) is 17.5. The molecule has 0 bridgehead atoms. The second-order valence-corrected chi connectivity index (χ2v) is 8.10. The van der Waals surface area contributed by atoms with Gasteiger partial charge in [-0.25, -0.2) is 0 Å². The van der Waals surface area contributed by atoms with E-state index in [9.17, 15) is 4.79 Å². The Bertz CT molecular complexity index is 557. The molecule has 1 saturated carbocycles. The molecule has 1 aromatic heterocycles. The average molecular weight is 332 g/mol. The number of hydrogen-bond acceptors (Lipinski definition) is 3. The zero-order chi connectivity index (χ0) is 17.3. The molecule has 1 amide bonds. The Labute approximate surface area is 146 Å². The molecule has 1 aromatic rings. The van der Waals surface area contributed by atoms with Crippen LogP contribution in [0.5, 0.6) is 0 Å². The van der Waals surface area contributed by atoms with Crippen molar-refractivity contribution in [2.45, 2.75) is 65.5 Å². The normalized spacial score (nSPS) is 26.6. The van der Waals surface area contributed by atoms with Gasteiger partial charge in [0.15, 0.2) is 0 Å². The third-order valence-electron chi connectivity index (χ3n) is 5.88. The molecule has 24 heavy (non-hydrogen) atoms. The minimum absolute atomic E-state index is 0.218. The summed E-state index contributed by atoms with van der Waals surface area (Å²) < 4.78 is 1.92. The van der Waals surface area contributed by atoms with E-state index in [1.807, 2.05) is 22.0 Å². The fourth-order valence-electron chi connectivity index (χ4n) is 4.16. The lowest BCUT2D eigenvalue weighted by molar-refractivity contribution is -0.122. The summed E-state index contributed by atoms with van der Waals surface area (Å²) in [5.74, 6) is 1.89. The maximum atomic E-state index is 12.6. The van der Waals surface area contributed by atoms with Crippen molar-refractivity contribution in [2.24, 2.45) is 11.8 Å². The molecule has 5 nitrogen and oxygen atoms in total. The van der Waals surface area contributed by atoms with Crippen molar-refractivity contribution in [1.82, 2.24) is 14.7 Å². The van der Waals surface area contributed by atoms with Crippen LogP contribution < -0.4 is 4.90 Å². The van der Waals surface area contributed by atoms with Crippen LogP contribution in [-0.4, -0.2) is 46.3 Å². The molecule has 0 spiro atoms. The first-order valence-corrected chi connectivity index (χ1v) is 9.54. The fraction of sp³-hybridized carbons (Fsp3) is 0.789. The van der Waals surface area contributed by atoms with Crippen LogP contribution in [0.1, 0.15) is 59.4 Å². The number of carbonyl (C=O) groups is 1. The van der Waals surface area contributed by atoms with Crippen molar-refractivity contribution >= 4 is 11.6 Å². The summed E-state index contributed by atoms with van der Waals surface area (Å²) in [4.78, 5) is 17.0. The molecule has 2 heterocycles. The van der Waals surface area contributed by atoms with Crippen molar-refractivity contribution < 1.29 is 4.79 Å². The van der Waals surface area contributed by atoms with Crippen molar-refractivity contribution in [3.8, 4) is 0 Å². The lowest BCUT2D eigenvalue weighted by atomic mass is 9.79. The van der Waals surface area contributed by atoms with Crippen LogP contribution in [0, 0.1) is 11.8 Å². The molecule has 0 radical (unpaired) electrons. The molecule has 1 aliphatic heterocycles. The van der Waals surface area contributed by atoms with E-state index in [1.54, 1.807) is 0 Å². The topological polar surface area (TPSA) is 41.4 Å². The molecular weight excluding hydrogens is 300 g/mol. The van der Waals surface area contributed by atoms with Gasteiger partial charge in [0.1, 0.15) is 0 Å². The highest BCUT2D eigenvalue weighted by Gasteiger charge is 2.33. The van der Waals surface area contributed by atoms with Crippen LogP contribution in [0.2, 0.25) is 0 Å². The summed E-state index contributed by atoms with van der Waals surface area (Å²) in [7, 11) is 0. The number of nitrogens with zero attached hydrogens (tertiary/aromatic N) is 4. The molecular formula is C19H32N4O. The lowest BCUT2D eigenvalue weighted by Gasteiger charge is -2.41. The Morgan fingerprint density at radius 2 is 1.79 bits per heavy atom. The minimum Gasteiger partial charge on any atom is -0.307 e. The largest absolute Gasteiger partial charge is 0.307 e. The van der Waals surface area contributed by atoms with Crippen LogP contribution in [0.25, 0.3) is 0 Å². The number of aromatic nitrogens is 2.